The number of rotatable bonds is 2. The third-order valence-corrected chi connectivity index (χ3v) is 3.67. The number of thiazole rings is 1. The molecule has 0 aliphatic rings. The summed E-state index contributed by atoms with van der Waals surface area (Å²) in [5, 5.41) is 10.8. The smallest absolute Gasteiger partial charge is 0.307 e. The van der Waals surface area contributed by atoms with Crippen molar-refractivity contribution in [2.45, 2.75) is 13.3 Å². The second-order valence-corrected chi connectivity index (χ2v) is 4.84. The minimum Gasteiger partial charge on any atom is -0.481 e. The van der Waals surface area contributed by atoms with Gasteiger partial charge in [-0.1, -0.05) is 6.07 Å². The lowest BCUT2D eigenvalue weighted by Crippen LogP contribution is -1.99. The fraction of sp³-hybridized carbons (Fsp3) is 0.167. The Morgan fingerprint density at radius 2 is 2.35 bits per heavy atom. The van der Waals surface area contributed by atoms with Crippen molar-refractivity contribution >= 4 is 33.3 Å². The molecule has 0 unspecified atom stereocenters. The van der Waals surface area contributed by atoms with Crippen molar-refractivity contribution in [1.82, 2.24) is 9.38 Å². The van der Waals surface area contributed by atoms with Crippen molar-refractivity contribution in [3.8, 4) is 0 Å². The van der Waals surface area contributed by atoms with Gasteiger partial charge in [0, 0.05) is 11.1 Å². The lowest BCUT2D eigenvalue weighted by atomic mass is 10.1. The zero-order valence-corrected chi connectivity index (χ0v) is 9.99. The van der Waals surface area contributed by atoms with Gasteiger partial charge in [0.05, 0.1) is 17.5 Å². The van der Waals surface area contributed by atoms with Gasteiger partial charge < -0.3 is 5.11 Å². The summed E-state index contributed by atoms with van der Waals surface area (Å²) in [5.74, 6) is -0.818. The van der Waals surface area contributed by atoms with Crippen LogP contribution in [-0.4, -0.2) is 20.5 Å². The number of hydrogen-bond acceptors (Lipinski definition) is 3. The lowest BCUT2D eigenvalue weighted by molar-refractivity contribution is -0.136. The Hall–Kier alpha value is -1.88. The molecule has 0 saturated heterocycles. The van der Waals surface area contributed by atoms with Crippen molar-refractivity contribution in [2.75, 3.05) is 0 Å². The van der Waals surface area contributed by atoms with Gasteiger partial charge in [-0.15, -0.1) is 11.3 Å². The minimum atomic E-state index is -0.818. The monoisotopic (exact) mass is 246 g/mol. The Kier molecular flexibility index (Phi) is 2.16. The molecule has 0 fully saturated rings. The molecule has 1 N–H and O–H groups in total. The van der Waals surface area contributed by atoms with Crippen LogP contribution in [0.5, 0.6) is 0 Å². The van der Waals surface area contributed by atoms with Gasteiger partial charge in [0.15, 0.2) is 4.96 Å². The van der Waals surface area contributed by atoms with E-state index in [4.69, 9.17) is 5.11 Å². The first-order chi connectivity index (χ1) is 8.15. The van der Waals surface area contributed by atoms with Crippen LogP contribution in [0.3, 0.4) is 0 Å². The third kappa shape index (κ3) is 1.59. The van der Waals surface area contributed by atoms with Gasteiger partial charge >= 0.3 is 5.97 Å². The van der Waals surface area contributed by atoms with E-state index in [1.807, 2.05) is 25.1 Å². The van der Waals surface area contributed by atoms with Crippen molar-refractivity contribution in [2.24, 2.45) is 0 Å². The maximum atomic E-state index is 10.7. The lowest BCUT2D eigenvalue weighted by Gasteiger charge is -1.97. The van der Waals surface area contributed by atoms with E-state index in [1.165, 1.54) is 0 Å². The SMILES string of the molecule is Cc1csc2nc3cc(CC(=O)O)ccc3n12. The highest BCUT2D eigenvalue weighted by molar-refractivity contribution is 7.15. The van der Waals surface area contributed by atoms with Gasteiger partial charge in [-0.05, 0) is 24.6 Å². The summed E-state index contributed by atoms with van der Waals surface area (Å²) >= 11 is 1.59. The molecule has 3 aromatic rings. The molecule has 0 radical (unpaired) electrons. The number of fused-ring (bicyclic) bond motifs is 3. The summed E-state index contributed by atoms with van der Waals surface area (Å²) in [6.45, 7) is 2.04. The highest BCUT2D eigenvalue weighted by atomic mass is 32.1. The van der Waals surface area contributed by atoms with Gasteiger partial charge in [-0.3, -0.25) is 9.20 Å². The molecular weight excluding hydrogens is 236 g/mol. The second-order valence-electron chi connectivity index (χ2n) is 4.00. The van der Waals surface area contributed by atoms with Crippen LogP contribution >= 0.6 is 11.3 Å². The van der Waals surface area contributed by atoms with Crippen molar-refractivity contribution in [1.29, 1.82) is 0 Å². The molecular formula is C12H10N2O2S. The quantitative estimate of drug-likeness (QED) is 0.755. The van der Waals surface area contributed by atoms with Crippen molar-refractivity contribution < 1.29 is 9.90 Å². The number of aliphatic carboxylic acids is 1. The largest absolute Gasteiger partial charge is 0.481 e. The van der Waals surface area contributed by atoms with Crippen LogP contribution in [0.4, 0.5) is 0 Å². The minimum absolute atomic E-state index is 0.0418. The Bertz CT molecular complexity index is 727. The average molecular weight is 246 g/mol. The molecule has 4 nitrogen and oxygen atoms in total. The number of aryl methyl sites for hydroxylation is 1. The average Bonchev–Trinajstić information content (AvgIpc) is 2.77. The second kappa shape index (κ2) is 3.56. The summed E-state index contributed by atoms with van der Waals surface area (Å²) < 4.78 is 2.09. The topological polar surface area (TPSA) is 54.6 Å². The number of hydrogen-bond donors (Lipinski definition) is 1. The molecule has 0 aliphatic heterocycles. The van der Waals surface area contributed by atoms with E-state index >= 15 is 0 Å². The summed E-state index contributed by atoms with van der Waals surface area (Å²) in [7, 11) is 0. The summed E-state index contributed by atoms with van der Waals surface area (Å²) in [6.07, 6.45) is 0.0418. The Morgan fingerprint density at radius 3 is 3.12 bits per heavy atom. The predicted molar refractivity (Wildman–Crippen MR) is 66.7 cm³/mol. The van der Waals surface area contributed by atoms with Gasteiger partial charge in [0.2, 0.25) is 0 Å². The van der Waals surface area contributed by atoms with Crippen LogP contribution in [-0.2, 0) is 11.2 Å². The number of carbonyl (C=O) groups is 1. The van der Waals surface area contributed by atoms with Gasteiger partial charge in [-0.25, -0.2) is 4.98 Å². The highest BCUT2D eigenvalue weighted by Gasteiger charge is 2.09. The molecule has 86 valence electrons. The highest BCUT2D eigenvalue weighted by Crippen LogP contribution is 2.24. The van der Waals surface area contributed by atoms with E-state index in [0.717, 1.165) is 27.3 Å². The van der Waals surface area contributed by atoms with Gasteiger partial charge in [0.25, 0.3) is 0 Å². The molecule has 0 amide bonds. The first-order valence-corrected chi connectivity index (χ1v) is 6.10. The number of aromatic nitrogens is 2. The van der Waals surface area contributed by atoms with Gasteiger partial charge in [-0.2, -0.15) is 0 Å². The third-order valence-electron chi connectivity index (χ3n) is 2.73. The zero-order chi connectivity index (χ0) is 12.0. The zero-order valence-electron chi connectivity index (χ0n) is 9.17. The van der Waals surface area contributed by atoms with E-state index in [2.05, 4.69) is 14.8 Å². The molecule has 0 bridgehead atoms. The molecule has 1 aromatic carbocycles. The van der Waals surface area contributed by atoms with E-state index < -0.39 is 5.97 Å². The van der Waals surface area contributed by atoms with Crippen LogP contribution in [0.1, 0.15) is 11.3 Å². The van der Waals surface area contributed by atoms with Crippen LogP contribution in [0.25, 0.3) is 16.0 Å². The normalized spacial score (nSPS) is 11.4. The number of nitrogens with zero attached hydrogens (tertiary/aromatic N) is 2. The van der Waals surface area contributed by atoms with E-state index in [1.54, 1.807) is 11.3 Å². The van der Waals surface area contributed by atoms with Crippen LogP contribution in [0.15, 0.2) is 23.6 Å². The number of benzene rings is 1. The molecule has 5 heteroatoms. The molecule has 2 aromatic heterocycles. The van der Waals surface area contributed by atoms with Crippen molar-refractivity contribution in [3.05, 3.63) is 34.8 Å². The molecule has 0 atom stereocenters. The summed E-state index contributed by atoms with van der Waals surface area (Å²) in [4.78, 5) is 16.1. The predicted octanol–water partition coefficient (Wildman–Crippen LogP) is 2.48. The number of carboxylic acids is 1. The van der Waals surface area contributed by atoms with E-state index in [-0.39, 0.29) is 6.42 Å². The molecule has 0 aliphatic carbocycles. The molecule has 0 saturated carbocycles. The fourth-order valence-corrected chi connectivity index (χ4v) is 2.88. The molecule has 0 spiro atoms. The summed E-state index contributed by atoms with van der Waals surface area (Å²) in [6, 6.07) is 5.64. The van der Waals surface area contributed by atoms with E-state index in [0.29, 0.717) is 0 Å². The summed E-state index contributed by atoms with van der Waals surface area (Å²) in [5.41, 5.74) is 3.83. The first kappa shape index (κ1) is 10.3. The maximum absolute atomic E-state index is 10.7. The van der Waals surface area contributed by atoms with Crippen LogP contribution in [0, 0.1) is 6.92 Å². The number of imidazole rings is 1. The van der Waals surface area contributed by atoms with E-state index in [9.17, 15) is 4.79 Å². The molecule has 2 heterocycles. The molecule has 17 heavy (non-hydrogen) atoms. The fourth-order valence-electron chi connectivity index (χ4n) is 2.00. The van der Waals surface area contributed by atoms with Crippen LogP contribution < -0.4 is 0 Å². The van der Waals surface area contributed by atoms with Crippen molar-refractivity contribution in [3.63, 3.8) is 0 Å². The standard InChI is InChI=1S/C12H10N2O2S/c1-7-6-17-12-13-9-4-8(5-11(15)16)2-3-10(9)14(7)12/h2-4,6H,5H2,1H3,(H,15,16). The number of carboxylic acid groups (broad SMARTS) is 1. The van der Waals surface area contributed by atoms with Crippen LogP contribution in [0.2, 0.25) is 0 Å². The maximum Gasteiger partial charge on any atom is 0.307 e. The Balaban J connectivity index is 2.23. The first-order valence-electron chi connectivity index (χ1n) is 5.22. The molecule has 3 rings (SSSR count). The Morgan fingerprint density at radius 1 is 1.53 bits per heavy atom. The van der Waals surface area contributed by atoms with Gasteiger partial charge in [0.1, 0.15) is 0 Å². The Labute approximate surface area is 101 Å².